The molecule has 2 heterocycles. The third kappa shape index (κ3) is 3.36. The monoisotopic (exact) mass is 354 g/mol. The van der Waals surface area contributed by atoms with Gasteiger partial charge in [-0.15, -0.1) is 0 Å². The molecule has 21 heavy (non-hydrogen) atoms. The molecule has 0 bridgehead atoms. The van der Waals surface area contributed by atoms with E-state index in [-0.39, 0.29) is 16.7 Å². The Morgan fingerprint density at radius 1 is 1.43 bits per heavy atom. The first-order chi connectivity index (χ1) is 9.65. The van der Waals surface area contributed by atoms with Crippen molar-refractivity contribution in [3.63, 3.8) is 0 Å². The summed E-state index contributed by atoms with van der Waals surface area (Å²) in [6, 6.07) is 1.92. The highest BCUT2D eigenvalue weighted by Gasteiger charge is 2.40. The molecular formula is C15H23BrN4O. The number of aromatic nitrogens is 2. The van der Waals surface area contributed by atoms with Crippen molar-refractivity contribution in [2.24, 2.45) is 5.41 Å². The average Bonchev–Trinajstić information content (AvgIpc) is 2.80. The third-order valence-electron chi connectivity index (χ3n) is 3.92. The molecule has 1 atom stereocenters. The molecule has 1 aliphatic heterocycles. The van der Waals surface area contributed by atoms with Crippen molar-refractivity contribution in [2.75, 3.05) is 25.0 Å². The maximum atomic E-state index is 12.0. The van der Waals surface area contributed by atoms with E-state index in [9.17, 15) is 4.79 Å². The molecule has 0 radical (unpaired) electrons. The molecule has 116 valence electrons. The number of hydrogen-bond acceptors (Lipinski definition) is 4. The van der Waals surface area contributed by atoms with Crippen LogP contribution in [0.15, 0.2) is 10.7 Å². The van der Waals surface area contributed by atoms with Crippen molar-refractivity contribution in [1.82, 2.24) is 15.3 Å². The second-order valence-corrected chi connectivity index (χ2v) is 7.75. The van der Waals surface area contributed by atoms with Gasteiger partial charge in [0.25, 0.3) is 0 Å². The lowest BCUT2D eigenvalue weighted by molar-refractivity contribution is -0.128. The summed E-state index contributed by atoms with van der Waals surface area (Å²) in [7, 11) is 1.69. The van der Waals surface area contributed by atoms with Crippen LogP contribution in [-0.2, 0) is 10.2 Å². The topological polar surface area (TPSA) is 58.1 Å². The van der Waals surface area contributed by atoms with E-state index in [2.05, 4.69) is 51.9 Å². The van der Waals surface area contributed by atoms with Gasteiger partial charge in [-0.2, -0.15) is 0 Å². The number of anilines is 1. The Labute approximate surface area is 134 Å². The Morgan fingerprint density at radius 3 is 2.67 bits per heavy atom. The smallest absolute Gasteiger partial charge is 0.227 e. The number of nitrogens with zero attached hydrogens (tertiary/aromatic N) is 3. The second kappa shape index (κ2) is 5.55. The zero-order chi connectivity index (χ0) is 15.8. The molecule has 1 N–H and O–H groups in total. The lowest BCUT2D eigenvalue weighted by atomic mass is 9.89. The number of nitrogens with one attached hydrogen (secondary N) is 1. The predicted molar refractivity (Wildman–Crippen MR) is 87.4 cm³/mol. The summed E-state index contributed by atoms with van der Waals surface area (Å²) in [5.41, 5.74) is -0.462. The molecule has 0 saturated carbocycles. The molecule has 1 unspecified atom stereocenters. The fraction of sp³-hybridized carbons (Fsp3) is 0.667. The maximum absolute atomic E-state index is 12.0. The van der Waals surface area contributed by atoms with E-state index in [4.69, 9.17) is 4.98 Å². The molecule has 1 aromatic heterocycles. The van der Waals surface area contributed by atoms with Crippen LogP contribution in [0.3, 0.4) is 0 Å². The standard InChI is InChI=1S/C15H23BrN4O/c1-14(2,3)12-18-10(16)8-11(19-12)20-7-6-15(4,9-20)13(21)17-5/h8H,6-7,9H2,1-5H3,(H,17,21). The molecule has 1 aliphatic rings. The Kier molecular flexibility index (Phi) is 4.29. The van der Waals surface area contributed by atoms with Gasteiger partial charge in [0.1, 0.15) is 16.2 Å². The minimum atomic E-state index is -0.353. The van der Waals surface area contributed by atoms with Gasteiger partial charge < -0.3 is 10.2 Å². The van der Waals surface area contributed by atoms with E-state index in [0.29, 0.717) is 6.54 Å². The van der Waals surface area contributed by atoms with E-state index in [0.717, 1.165) is 29.2 Å². The van der Waals surface area contributed by atoms with Crippen LogP contribution in [0.4, 0.5) is 5.82 Å². The first-order valence-corrected chi connectivity index (χ1v) is 7.97. The van der Waals surface area contributed by atoms with Gasteiger partial charge in [-0.05, 0) is 29.3 Å². The van der Waals surface area contributed by atoms with Crippen molar-refractivity contribution in [3.05, 3.63) is 16.5 Å². The first kappa shape index (κ1) is 16.2. The predicted octanol–water partition coefficient (Wildman–Crippen LogP) is 2.50. The van der Waals surface area contributed by atoms with E-state index < -0.39 is 0 Å². The third-order valence-corrected chi connectivity index (χ3v) is 4.33. The Hall–Kier alpha value is -1.17. The number of hydrogen-bond donors (Lipinski definition) is 1. The van der Waals surface area contributed by atoms with Crippen LogP contribution in [0.25, 0.3) is 0 Å². The van der Waals surface area contributed by atoms with Crippen LogP contribution in [0.1, 0.15) is 39.9 Å². The number of rotatable bonds is 2. The molecule has 1 fully saturated rings. The average molecular weight is 355 g/mol. The molecule has 2 rings (SSSR count). The molecule has 1 aromatic rings. The number of halogens is 1. The van der Waals surface area contributed by atoms with Gasteiger partial charge in [0.05, 0.1) is 5.41 Å². The Balaban J connectivity index is 2.28. The number of carbonyl (C=O) groups is 1. The van der Waals surface area contributed by atoms with E-state index in [1.807, 2.05) is 13.0 Å². The summed E-state index contributed by atoms with van der Waals surface area (Å²) in [5.74, 6) is 1.78. The van der Waals surface area contributed by atoms with Crippen molar-refractivity contribution in [2.45, 2.75) is 39.5 Å². The van der Waals surface area contributed by atoms with Gasteiger partial charge >= 0.3 is 0 Å². The van der Waals surface area contributed by atoms with Crippen LogP contribution in [-0.4, -0.2) is 36.0 Å². The minimum absolute atomic E-state index is 0.0918. The molecular weight excluding hydrogens is 332 g/mol. The Bertz CT molecular complexity index is 555. The quantitative estimate of drug-likeness (QED) is 0.829. The first-order valence-electron chi connectivity index (χ1n) is 7.18. The molecule has 0 aliphatic carbocycles. The molecule has 1 amide bonds. The molecule has 0 spiro atoms. The van der Waals surface area contributed by atoms with Crippen LogP contribution >= 0.6 is 15.9 Å². The fourth-order valence-corrected chi connectivity index (χ4v) is 2.92. The van der Waals surface area contributed by atoms with Crippen molar-refractivity contribution < 1.29 is 4.79 Å². The second-order valence-electron chi connectivity index (χ2n) is 6.93. The summed E-state index contributed by atoms with van der Waals surface area (Å²) < 4.78 is 0.783. The fourth-order valence-electron chi connectivity index (χ4n) is 2.55. The highest BCUT2D eigenvalue weighted by Crippen LogP contribution is 2.34. The van der Waals surface area contributed by atoms with Gasteiger partial charge in [-0.3, -0.25) is 4.79 Å². The van der Waals surface area contributed by atoms with E-state index >= 15 is 0 Å². The summed E-state index contributed by atoms with van der Waals surface area (Å²) in [5, 5.41) is 2.76. The summed E-state index contributed by atoms with van der Waals surface area (Å²) in [6.45, 7) is 9.80. The maximum Gasteiger partial charge on any atom is 0.227 e. The number of amides is 1. The van der Waals surface area contributed by atoms with Gasteiger partial charge in [0.15, 0.2) is 0 Å². The normalized spacial score (nSPS) is 22.5. The lowest BCUT2D eigenvalue weighted by Gasteiger charge is -2.25. The van der Waals surface area contributed by atoms with Gasteiger partial charge in [0, 0.05) is 31.6 Å². The van der Waals surface area contributed by atoms with Crippen LogP contribution < -0.4 is 10.2 Å². The zero-order valence-electron chi connectivity index (χ0n) is 13.3. The van der Waals surface area contributed by atoms with Crippen LogP contribution in [0.5, 0.6) is 0 Å². The summed E-state index contributed by atoms with van der Waals surface area (Å²) in [6.07, 6.45) is 0.832. The molecule has 6 heteroatoms. The van der Waals surface area contributed by atoms with Crippen LogP contribution in [0, 0.1) is 5.41 Å². The van der Waals surface area contributed by atoms with Crippen molar-refractivity contribution in [1.29, 1.82) is 0 Å². The molecule has 1 saturated heterocycles. The highest BCUT2D eigenvalue weighted by molar-refractivity contribution is 9.10. The zero-order valence-corrected chi connectivity index (χ0v) is 14.9. The molecule has 0 aromatic carbocycles. The lowest BCUT2D eigenvalue weighted by Crippen LogP contribution is -2.39. The summed E-state index contributed by atoms with van der Waals surface area (Å²) >= 11 is 3.47. The van der Waals surface area contributed by atoms with Gasteiger partial charge in [-0.25, -0.2) is 9.97 Å². The summed E-state index contributed by atoms with van der Waals surface area (Å²) in [4.78, 5) is 23.3. The van der Waals surface area contributed by atoms with Gasteiger partial charge in [0.2, 0.25) is 5.91 Å². The number of carbonyl (C=O) groups excluding carboxylic acids is 1. The van der Waals surface area contributed by atoms with Crippen LogP contribution in [0.2, 0.25) is 0 Å². The largest absolute Gasteiger partial charge is 0.359 e. The van der Waals surface area contributed by atoms with E-state index in [1.54, 1.807) is 7.05 Å². The van der Waals surface area contributed by atoms with Crippen molar-refractivity contribution in [3.8, 4) is 0 Å². The van der Waals surface area contributed by atoms with Gasteiger partial charge in [-0.1, -0.05) is 20.8 Å². The van der Waals surface area contributed by atoms with E-state index in [1.165, 1.54) is 0 Å². The SMILES string of the molecule is CNC(=O)C1(C)CCN(c2cc(Br)nc(C(C)(C)C)n2)C1. The van der Waals surface area contributed by atoms with Crippen molar-refractivity contribution >= 4 is 27.7 Å². The highest BCUT2D eigenvalue weighted by atomic mass is 79.9. The molecule has 5 nitrogen and oxygen atoms in total. The minimum Gasteiger partial charge on any atom is -0.359 e. The Morgan fingerprint density at radius 2 is 2.10 bits per heavy atom.